The summed E-state index contributed by atoms with van der Waals surface area (Å²) in [5.74, 6) is 0.0362. The standard InChI is InChI=1S/C25H28N4/c1-5-16-6-11-19-20(12-16)22(17-7-9-18(10-8-17)24(2,3)4)25(14-27,15-28)23(29)21(19)13-26/h7-11,16,20,22H,5-6,12,29H2,1-4H3/t16-,20-,22-/m1/s1. The highest BCUT2D eigenvalue weighted by Crippen LogP contribution is 2.56. The maximum absolute atomic E-state index is 10.1. The molecule has 0 fully saturated rings. The molecule has 0 spiro atoms. The molecule has 2 N–H and O–H groups in total. The molecule has 0 aliphatic heterocycles. The summed E-state index contributed by atoms with van der Waals surface area (Å²) < 4.78 is 0. The van der Waals surface area contributed by atoms with E-state index in [1.807, 2.05) is 12.1 Å². The lowest BCUT2D eigenvalue weighted by atomic mass is 9.55. The molecule has 0 aromatic heterocycles. The van der Waals surface area contributed by atoms with Gasteiger partial charge < -0.3 is 5.73 Å². The second-order valence-corrected chi connectivity index (χ2v) is 9.29. The summed E-state index contributed by atoms with van der Waals surface area (Å²) >= 11 is 0. The SMILES string of the molecule is CC[C@@H]1CC=C2C(C#N)=C(N)C(C#N)(C#N)[C@H](c3ccc(C(C)(C)C)cc3)[C@@H]2C1. The van der Waals surface area contributed by atoms with Gasteiger partial charge in [0.2, 0.25) is 0 Å². The Morgan fingerprint density at radius 2 is 1.72 bits per heavy atom. The molecular formula is C25H28N4. The number of hydrogen-bond acceptors (Lipinski definition) is 4. The maximum Gasteiger partial charge on any atom is 0.191 e. The van der Waals surface area contributed by atoms with Crippen molar-refractivity contribution in [1.82, 2.24) is 0 Å². The van der Waals surface area contributed by atoms with Crippen molar-refractivity contribution in [2.75, 3.05) is 0 Å². The van der Waals surface area contributed by atoms with Crippen LogP contribution in [0, 0.1) is 51.2 Å². The van der Waals surface area contributed by atoms with E-state index >= 15 is 0 Å². The van der Waals surface area contributed by atoms with Gasteiger partial charge >= 0.3 is 0 Å². The predicted octanol–water partition coefficient (Wildman–Crippen LogP) is 5.21. The van der Waals surface area contributed by atoms with Crippen LogP contribution in [0.3, 0.4) is 0 Å². The number of hydrogen-bond donors (Lipinski definition) is 1. The molecule has 0 unspecified atom stereocenters. The van der Waals surface area contributed by atoms with Gasteiger partial charge in [-0.25, -0.2) is 0 Å². The van der Waals surface area contributed by atoms with Crippen molar-refractivity contribution in [3.8, 4) is 18.2 Å². The Balaban J connectivity index is 2.25. The number of allylic oxidation sites excluding steroid dienone is 4. The second kappa shape index (κ2) is 7.42. The summed E-state index contributed by atoms with van der Waals surface area (Å²) in [6.45, 7) is 8.64. The molecule has 3 rings (SSSR count). The highest BCUT2D eigenvalue weighted by atomic mass is 14.7. The van der Waals surface area contributed by atoms with Crippen LogP contribution in [0.2, 0.25) is 0 Å². The normalized spacial score (nSPS) is 25.8. The van der Waals surface area contributed by atoms with Gasteiger partial charge in [0.15, 0.2) is 5.41 Å². The number of rotatable bonds is 2. The summed E-state index contributed by atoms with van der Waals surface area (Å²) in [6, 6.07) is 14.9. The highest BCUT2D eigenvalue weighted by Gasteiger charge is 2.54. The molecule has 0 saturated heterocycles. The molecule has 4 nitrogen and oxygen atoms in total. The van der Waals surface area contributed by atoms with E-state index in [0.717, 1.165) is 30.4 Å². The molecule has 0 heterocycles. The van der Waals surface area contributed by atoms with E-state index < -0.39 is 5.41 Å². The molecule has 1 aromatic rings. The van der Waals surface area contributed by atoms with Crippen LogP contribution in [0.15, 0.2) is 47.2 Å². The van der Waals surface area contributed by atoms with Crippen LogP contribution in [0.5, 0.6) is 0 Å². The first kappa shape index (κ1) is 20.7. The molecule has 3 atom stereocenters. The number of nitrogens with two attached hydrogens (primary N) is 1. The van der Waals surface area contributed by atoms with Crippen LogP contribution >= 0.6 is 0 Å². The lowest BCUT2D eigenvalue weighted by Gasteiger charge is -2.45. The summed E-state index contributed by atoms with van der Waals surface area (Å²) in [7, 11) is 0. The zero-order chi connectivity index (χ0) is 21.4. The Morgan fingerprint density at radius 1 is 1.10 bits per heavy atom. The molecule has 0 radical (unpaired) electrons. The van der Waals surface area contributed by atoms with E-state index in [0.29, 0.717) is 11.5 Å². The lowest BCUT2D eigenvalue weighted by Crippen LogP contribution is -2.43. The van der Waals surface area contributed by atoms with Crippen molar-refractivity contribution >= 4 is 0 Å². The van der Waals surface area contributed by atoms with Crippen molar-refractivity contribution in [3.63, 3.8) is 0 Å². The minimum Gasteiger partial charge on any atom is -0.399 e. The summed E-state index contributed by atoms with van der Waals surface area (Å²) in [5, 5.41) is 30.1. The zero-order valence-electron chi connectivity index (χ0n) is 17.7. The van der Waals surface area contributed by atoms with E-state index in [4.69, 9.17) is 5.73 Å². The van der Waals surface area contributed by atoms with Gasteiger partial charge in [-0.2, -0.15) is 15.8 Å². The van der Waals surface area contributed by atoms with Gasteiger partial charge in [0, 0.05) is 5.92 Å². The Kier molecular flexibility index (Phi) is 5.30. The maximum atomic E-state index is 10.1. The number of nitrogens with zero attached hydrogens (tertiary/aromatic N) is 3. The molecule has 0 amide bonds. The third-order valence-corrected chi connectivity index (χ3v) is 6.69. The predicted molar refractivity (Wildman–Crippen MR) is 113 cm³/mol. The van der Waals surface area contributed by atoms with Crippen LogP contribution in [-0.2, 0) is 5.41 Å². The van der Waals surface area contributed by atoms with Crippen LogP contribution in [0.4, 0.5) is 0 Å². The molecule has 0 saturated carbocycles. The molecule has 2 aliphatic carbocycles. The Labute approximate surface area is 173 Å². The first-order valence-electron chi connectivity index (χ1n) is 10.3. The van der Waals surface area contributed by atoms with E-state index in [2.05, 4.69) is 64.1 Å². The third kappa shape index (κ3) is 3.22. The molecular weight excluding hydrogens is 356 g/mol. The van der Waals surface area contributed by atoms with Gasteiger partial charge in [-0.15, -0.1) is 0 Å². The highest BCUT2D eigenvalue weighted by molar-refractivity contribution is 5.59. The van der Waals surface area contributed by atoms with Gasteiger partial charge in [0.05, 0.1) is 23.4 Å². The van der Waals surface area contributed by atoms with Crippen molar-refractivity contribution in [3.05, 3.63) is 58.3 Å². The minimum absolute atomic E-state index is 0.0166. The fourth-order valence-electron chi connectivity index (χ4n) is 4.87. The first-order chi connectivity index (χ1) is 13.7. The minimum atomic E-state index is -1.54. The monoisotopic (exact) mass is 384 g/mol. The topological polar surface area (TPSA) is 97.4 Å². The third-order valence-electron chi connectivity index (χ3n) is 6.69. The van der Waals surface area contributed by atoms with Crippen LogP contribution in [-0.4, -0.2) is 0 Å². The Hall–Kier alpha value is -3.03. The molecule has 2 aliphatic rings. The number of fused-ring (bicyclic) bond motifs is 1. The quantitative estimate of drug-likeness (QED) is 0.756. The Bertz CT molecular complexity index is 970. The fraction of sp³-hybridized carbons (Fsp3) is 0.480. The summed E-state index contributed by atoms with van der Waals surface area (Å²) in [5.41, 5.74) is 8.33. The van der Waals surface area contributed by atoms with Gasteiger partial charge in [0.25, 0.3) is 0 Å². The van der Waals surface area contributed by atoms with Gasteiger partial charge in [-0.1, -0.05) is 64.5 Å². The molecule has 148 valence electrons. The van der Waals surface area contributed by atoms with Crippen LogP contribution in [0.25, 0.3) is 0 Å². The summed E-state index contributed by atoms with van der Waals surface area (Å²) in [4.78, 5) is 0. The largest absolute Gasteiger partial charge is 0.399 e. The van der Waals surface area contributed by atoms with Crippen molar-refractivity contribution in [2.45, 2.75) is 58.3 Å². The number of benzene rings is 1. The van der Waals surface area contributed by atoms with Gasteiger partial charge in [0.1, 0.15) is 6.07 Å². The molecule has 29 heavy (non-hydrogen) atoms. The fourth-order valence-corrected chi connectivity index (χ4v) is 4.87. The Morgan fingerprint density at radius 3 is 2.21 bits per heavy atom. The second-order valence-electron chi connectivity index (χ2n) is 9.29. The zero-order valence-corrected chi connectivity index (χ0v) is 17.7. The molecule has 4 heteroatoms. The van der Waals surface area contributed by atoms with E-state index in [1.54, 1.807) is 0 Å². The molecule has 0 bridgehead atoms. The van der Waals surface area contributed by atoms with Crippen molar-refractivity contribution in [1.29, 1.82) is 15.8 Å². The molecule has 1 aromatic carbocycles. The average molecular weight is 385 g/mol. The number of nitriles is 3. The smallest absolute Gasteiger partial charge is 0.191 e. The van der Waals surface area contributed by atoms with Gasteiger partial charge in [-0.05, 0) is 46.8 Å². The van der Waals surface area contributed by atoms with Crippen molar-refractivity contribution < 1.29 is 0 Å². The lowest BCUT2D eigenvalue weighted by molar-refractivity contribution is 0.271. The first-order valence-corrected chi connectivity index (χ1v) is 10.3. The van der Waals surface area contributed by atoms with E-state index in [9.17, 15) is 15.8 Å². The van der Waals surface area contributed by atoms with Gasteiger partial charge in [-0.3, -0.25) is 0 Å². The van der Waals surface area contributed by atoms with E-state index in [-0.39, 0.29) is 22.9 Å². The van der Waals surface area contributed by atoms with E-state index in [1.165, 1.54) is 5.56 Å². The van der Waals surface area contributed by atoms with Crippen LogP contribution in [0.1, 0.15) is 64.0 Å². The summed E-state index contributed by atoms with van der Waals surface area (Å²) in [6.07, 6.45) is 4.91. The van der Waals surface area contributed by atoms with Crippen LogP contribution < -0.4 is 5.73 Å². The average Bonchev–Trinajstić information content (AvgIpc) is 2.72. The van der Waals surface area contributed by atoms with Crippen molar-refractivity contribution in [2.24, 2.45) is 23.0 Å².